The molecule has 2 rings (SSSR count). The maximum Gasteiger partial charge on any atom is 0.269 e. The van der Waals surface area contributed by atoms with Crippen LogP contribution in [-0.4, -0.2) is 15.0 Å². The van der Waals surface area contributed by atoms with E-state index in [1.165, 1.54) is 35.7 Å². The van der Waals surface area contributed by atoms with Crippen molar-refractivity contribution in [1.29, 1.82) is 0 Å². The van der Waals surface area contributed by atoms with Gasteiger partial charge in [0.2, 0.25) is 5.91 Å². The van der Waals surface area contributed by atoms with Crippen LogP contribution in [0.15, 0.2) is 66.1 Å². The number of nitro benzene ring substituents is 1. The summed E-state index contributed by atoms with van der Waals surface area (Å²) >= 11 is 0. The Morgan fingerprint density at radius 1 is 1.13 bits per heavy atom. The van der Waals surface area contributed by atoms with Crippen molar-refractivity contribution in [1.82, 2.24) is 0 Å². The zero-order chi connectivity index (χ0) is 16.7. The SMILES string of the molecule is O=C(/C=C\S(=O)Cc1ccccc1)Nc1ccc([N+](=O)[O-])cc1. The van der Waals surface area contributed by atoms with Crippen LogP contribution < -0.4 is 5.32 Å². The van der Waals surface area contributed by atoms with E-state index in [1.54, 1.807) is 0 Å². The molecule has 0 radical (unpaired) electrons. The molecule has 0 bridgehead atoms. The van der Waals surface area contributed by atoms with Crippen LogP contribution >= 0.6 is 0 Å². The van der Waals surface area contributed by atoms with Crippen LogP contribution in [0.3, 0.4) is 0 Å². The zero-order valence-electron chi connectivity index (χ0n) is 12.0. The fourth-order valence-corrected chi connectivity index (χ4v) is 2.67. The molecule has 0 aromatic heterocycles. The molecular weight excluding hydrogens is 316 g/mol. The summed E-state index contributed by atoms with van der Waals surface area (Å²) in [4.78, 5) is 21.7. The molecule has 6 nitrogen and oxygen atoms in total. The molecule has 23 heavy (non-hydrogen) atoms. The summed E-state index contributed by atoms with van der Waals surface area (Å²) in [5, 5.41) is 14.4. The number of hydrogen-bond donors (Lipinski definition) is 1. The van der Waals surface area contributed by atoms with Crippen LogP contribution in [0.5, 0.6) is 0 Å². The molecule has 1 atom stereocenters. The summed E-state index contributed by atoms with van der Waals surface area (Å²) in [6.07, 6.45) is 1.19. The Morgan fingerprint density at radius 3 is 2.39 bits per heavy atom. The van der Waals surface area contributed by atoms with Gasteiger partial charge in [0.05, 0.1) is 21.5 Å². The van der Waals surface area contributed by atoms with E-state index in [2.05, 4.69) is 5.32 Å². The molecule has 1 amide bonds. The van der Waals surface area contributed by atoms with Gasteiger partial charge in [-0.05, 0) is 17.7 Å². The summed E-state index contributed by atoms with van der Waals surface area (Å²) in [5.74, 6) is -0.109. The molecule has 0 aliphatic heterocycles. The topological polar surface area (TPSA) is 89.3 Å². The Balaban J connectivity index is 1.88. The lowest BCUT2D eigenvalue weighted by molar-refractivity contribution is -0.384. The van der Waals surface area contributed by atoms with Gasteiger partial charge in [-0.15, -0.1) is 0 Å². The van der Waals surface area contributed by atoms with Crippen molar-refractivity contribution in [2.45, 2.75) is 5.75 Å². The number of amides is 1. The van der Waals surface area contributed by atoms with Gasteiger partial charge in [-0.3, -0.25) is 19.1 Å². The minimum atomic E-state index is -1.29. The van der Waals surface area contributed by atoms with E-state index in [-0.39, 0.29) is 5.69 Å². The number of nitrogens with zero attached hydrogens (tertiary/aromatic N) is 1. The maximum atomic E-state index is 11.9. The minimum Gasteiger partial charge on any atom is -0.322 e. The number of carbonyl (C=O) groups is 1. The average Bonchev–Trinajstić information content (AvgIpc) is 2.54. The summed E-state index contributed by atoms with van der Waals surface area (Å²) < 4.78 is 11.9. The van der Waals surface area contributed by atoms with Crippen molar-refractivity contribution in [3.63, 3.8) is 0 Å². The van der Waals surface area contributed by atoms with Crippen LogP contribution in [0.4, 0.5) is 11.4 Å². The smallest absolute Gasteiger partial charge is 0.269 e. The number of carbonyl (C=O) groups excluding carboxylic acids is 1. The normalized spacial score (nSPS) is 12.0. The standard InChI is InChI=1S/C16H14N2O4S/c19-16(17-14-6-8-15(9-7-14)18(20)21)10-11-23(22)12-13-4-2-1-3-5-13/h1-11H,12H2,(H,17,19)/b11-10-. The molecule has 7 heteroatoms. The largest absolute Gasteiger partial charge is 0.322 e. The molecular formula is C16H14N2O4S. The molecule has 0 spiro atoms. The second kappa shape index (κ2) is 8.00. The predicted octanol–water partition coefficient (Wildman–Crippen LogP) is 3.00. The Hall–Kier alpha value is -2.80. The monoisotopic (exact) mass is 330 g/mol. The van der Waals surface area contributed by atoms with Crippen molar-refractivity contribution in [3.05, 3.63) is 81.8 Å². The van der Waals surface area contributed by atoms with Gasteiger partial charge in [0.1, 0.15) is 0 Å². The Labute approximate surface area is 135 Å². The van der Waals surface area contributed by atoms with Gasteiger partial charge < -0.3 is 5.32 Å². The second-order valence-corrected chi connectivity index (χ2v) is 5.93. The van der Waals surface area contributed by atoms with Crippen molar-refractivity contribution >= 4 is 28.1 Å². The molecule has 0 aliphatic carbocycles. The van der Waals surface area contributed by atoms with E-state index in [0.29, 0.717) is 11.4 Å². The zero-order valence-corrected chi connectivity index (χ0v) is 12.9. The molecule has 118 valence electrons. The number of nitro groups is 1. The molecule has 2 aromatic rings. The molecule has 2 aromatic carbocycles. The highest BCUT2D eigenvalue weighted by Crippen LogP contribution is 2.15. The van der Waals surface area contributed by atoms with Crippen LogP contribution in [0, 0.1) is 10.1 Å². The third-order valence-corrected chi connectivity index (χ3v) is 3.93. The first-order chi connectivity index (χ1) is 11.0. The fraction of sp³-hybridized carbons (Fsp3) is 0.0625. The number of nitrogens with one attached hydrogen (secondary N) is 1. The first kappa shape index (κ1) is 16.6. The molecule has 0 saturated carbocycles. The predicted molar refractivity (Wildman–Crippen MR) is 89.2 cm³/mol. The number of hydrogen-bond acceptors (Lipinski definition) is 4. The summed E-state index contributed by atoms with van der Waals surface area (Å²) in [7, 11) is -1.29. The third kappa shape index (κ3) is 5.48. The van der Waals surface area contributed by atoms with Crippen LogP contribution in [0.2, 0.25) is 0 Å². The van der Waals surface area contributed by atoms with E-state index >= 15 is 0 Å². The Kier molecular flexibility index (Phi) is 5.76. The minimum absolute atomic E-state index is 0.0532. The lowest BCUT2D eigenvalue weighted by Crippen LogP contribution is -2.08. The number of non-ortho nitro benzene ring substituents is 1. The van der Waals surface area contributed by atoms with Gasteiger partial charge in [0.15, 0.2) is 0 Å². The third-order valence-electron chi connectivity index (χ3n) is 2.87. The molecule has 0 heterocycles. The van der Waals surface area contributed by atoms with Gasteiger partial charge >= 0.3 is 0 Å². The van der Waals surface area contributed by atoms with Crippen LogP contribution in [-0.2, 0) is 21.3 Å². The highest BCUT2D eigenvalue weighted by atomic mass is 32.2. The number of benzene rings is 2. The summed E-state index contributed by atoms with van der Waals surface area (Å²) in [5.41, 5.74) is 1.30. The van der Waals surface area contributed by atoms with Gasteiger partial charge in [-0.2, -0.15) is 0 Å². The highest BCUT2D eigenvalue weighted by molar-refractivity contribution is 7.87. The number of anilines is 1. The van der Waals surface area contributed by atoms with Crippen molar-refractivity contribution in [2.24, 2.45) is 0 Å². The maximum absolute atomic E-state index is 11.9. The molecule has 0 aliphatic rings. The molecule has 0 saturated heterocycles. The molecule has 0 fully saturated rings. The summed E-state index contributed by atoms with van der Waals surface area (Å²) in [6, 6.07) is 14.8. The average molecular weight is 330 g/mol. The van der Waals surface area contributed by atoms with E-state index in [4.69, 9.17) is 0 Å². The molecule has 1 unspecified atom stereocenters. The number of rotatable bonds is 6. The van der Waals surface area contributed by atoms with Crippen LogP contribution in [0.1, 0.15) is 5.56 Å². The molecule has 1 N–H and O–H groups in total. The van der Waals surface area contributed by atoms with E-state index < -0.39 is 21.6 Å². The van der Waals surface area contributed by atoms with Gasteiger partial charge in [-0.25, -0.2) is 0 Å². The van der Waals surface area contributed by atoms with Crippen LogP contribution in [0.25, 0.3) is 0 Å². The van der Waals surface area contributed by atoms with E-state index in [1.807, 2.05) is 30.3 Å². The van der Waals surface area contributed by atoms with Gasteiger partial charge in [-0.1, -0.05) is 30.3 Å². The highest BCUT2D eigenvalue weighted by Gasteiger charge is 2.05. The van der Waals surface area contributed by atoms with Gasteiger partial charge in [0, 0.05) is 29.3 Å². The first-order valence-corrected chi connectivity index (χ1v) is 8.07. The van der Waals surface area contributed by atoms with E-state index in [9.17, 15) is 19.1 Å². The lowest BCUT2D eigenvalue weighted by Gasteiger charge is -2.01. The Bertz CT molecular complexity index is 742. The summed E-state index contributed by atoms with van der Waals surface area (Å²) in [6.45, 7) is 0. The first-order valence-electron chi connectivity index (χ1n) is 6.69. The van der Waals surface area contributed by atoms with Crippen molar-refractivity contribution in [3.8, 4) is 0 Å². The van der Waals surface area contributed by atoms with Crippen molar-refractivity contribution in [2.75, 3.05) is 5.32 Å². The van der Waals surface area contributed by atoms with Gasteiger partial charge in [0.25, 0.3) is 5.69 Å². The van der Waals surface area contributed by atoms with Crippen molar-refractivity contribution < 1.29 is 13.9 Å². The lowest BCUT2D eigenvalue weighted by atomic mass is 10.2. The Morgan fingerprint density at radius 2 is 1.78 bits per heavy atom. The second-order valence-electron chi connectivity index (χ2n) is 4.61. The quantitative estimate of drug-likeness (QED) is 0.501. The fourth-order valence-electron chi connectivity index (χ4n) is 1.77. The van der Waals surface area contributed by atoms with E-state index in [0.717, 1.165) is 5.56 Å².